The second-order valence-electron chi connectivity index (χ2n) is 6.38. The molecule has 0 aliphatic rings. The van der Waals surface area contributed by atoms with Crippen LogP contribution in [0.1, 0.15) is 80.1 Å². The minimum absolute atomic E-state index is 0.289. The maximum atomic E-state index is 11.7. The van der Waals surface area contributed by atoms with Gasteiger partial charge in [-0.05, 0) is 40.5 Å². The predicted molar refractivity (Wildman–Crippen MR) is 79.4 cm³/mol. The molecule has 0 aromatic carbocycles. The van der Waals surface area contributed by atoms with E-state index in [2.05, 4.69) is 13.8 Å². The highest BCUT2D eigenvalue weighted by Gasteiger charge is 2.39. The van der Waals surface area contributed by atoms with Crippen LogP contribution >= 0.6 is 0 Å². The molecule has 4 heteroatoms. The highest BCUT2D eigenvalue weighted by Crippen LogP contribution is 2.32. The quantitative estimate of drug-likeness (QED) is 0.652. The van der Waals surface area contributed by atoms with Gasteiger partial charge < -0.3 is 0 Å². The average molecular weight is 277 g/mol. The van der Waals surface area contributed by atoms with Crippen LogP contribution in [-0.2, 0) is 10.9 Å². The molecule has 0 heterocycles. The molecule has 0 unspecified atom stereocenters. The standard InChI is InChI=1S/C14H31NO2S/c1-7-9-11-13(3,4)15(18(16)17)14(5,6)12-10-8-2/h18H,7-12H2,1-6H3. The lowest BCUT2D eigenvalue weighted by molar-refractivity contribution is 0.0977. The Labute approximate surface area is 115 Å². The summed E-state index contributed by atoms with van der Waals surface area (Å²) < 4.78 is 25.1. The van der Waals surface area contributed by atoms with Crippen LogP contribution in [0.25, 0.3) is 0 Å². The van der Waals surface area contributed by atoms with E-state index < -0.39 is 10.9 Å². The smallest absolute Gasteiger partial charge is 0.204 e. The molecule has 0 aliphatic heterocycles. The van der Waals surface area contributed by atoms with Crippen molar-refractivity contribution in [2.45, 2.75) is 91.1 Å². The Kier molecular flexibility index (Phi) is 7.45. The number of hydrogen-bond donors (Lipinski definition) is 1. The Balaban J connectivity index is 5.05. The lowest BCUT2D eigenvalue weighted by atomic mass is 9.89. The predicted octanol–water partition coefficient (Wildman–Crippen LogP) is 3.75. The van der Waals surface area contributed by atoms with E-state index in [1.54, 1.807) is 4.31 Å². The second kappa shape index (κ2) is 7.49. The van der Waals surface area contributed by atoms with Gasteiger partial charge in [0.05, 0.1) is 0 Å². The van der Waals surface area contributed by atoms with Gasteiger partial charge in [-0.25, -0.2) is 8.42 Å². The molecule has 0 aromatic rings. The fraction of sp³-hybridized carbons (Fsp3) is 1.00. The Hall–Kier alpha value is -0.0900. The monoisotopic (exact) mass is 277 g/mol. The maximum absolute atomic E-state index is 11.7. The van der Waals surface area contributed by atoms with Crippen molar-refractivity contribution in [2.24, 2.45) is 0 Å². The third-order valence-corrected chi connectivity index (χ3v) is 5.00. The highest BCUT2D eigenvalue weighted by molar-refractivity contribution is 7.70. The Morgan fingerprint density at radius 2 is 1.17 bits per heavy atom. The van der Waals surface area contributed by atoms with Gasteiger partial charge in [0.1, 0.15) is 0 Å². The van der Waals surface area contributed by atoms with Gasteiger partial charge in [0.15, 0.2) is 0 Å². The molecule has 110 valence electrons. The Bertz CT molecular complexity index is 281. The molecule has 0 aliphatic carbocycles. The number of hydrogen-bond acceptors (Lipinski definition) is 2. The minimum Gasteiger partial charge on any atom is -0.215 e. The molecule has 0 N–H and O–H groups in total. The molecular formula is C14H31NO2S. The molecule has 0 saturated heterocycles. The first-order valence-corrected chi connectivity index (χ1v) is 8.26. The van der Waals surface area contributed by atoms with Gasteiger partial charge >= 0.3 is 0 Å². The summed E-state index contributed by atoms with van der Waals surface area (Å²) in [4.78, 5) is 0. The molecule has 0 amide bonds. The SMILES string of the molecule is CCCCC(C)(C)N([SH](=O)=O)C(C)(C)CCCC. The lowest BCUT2D eigenvalue weighted by Gasteiger charge is -2.44. The van der Waals surface area contributed by atoms with E-state index in [-0.39, 0.29) is 11.1 Å². The van der Waals surface area contributed by atoms with Crippen molar-refractivity contribution in [3.05, 3.63) is 0 Å². The Morgan fingerprint density at radius 1 is 0.833 bits per heavy atom. The fourth-order valence-corrected chi connectivity index (χ4v) is 3.78. The molecule has 0 atom stereocenters. The molecule has 0 spiro atoms. The van der Waals surface area contributed by atoms with Gasteiger partial charge in [0, 0.05) is 11.1 Å². The molecule has 3 nitrogen and oxygen atoms in total. The van der Waals surface area contributed by atoms with Gasteiger partial charge in [-0.1, -0.05) is 39.5 Å². The molecule has 0 aromatic heterocycles. The molecule has 0 radical (unpaired) electrons. The van der Waals surface area contributed by atoms with Crippen LogP contribution in [0, 0.1) is 0 Å². The van der Waals surface area contributed by atoms with Gasteiger partial charge in [0.25, 0.3) is 0 Å². The summed E-state index contributed by atoms with van der Waals surface area (Å²) in [6.07, 6.45) is 6.17. The topological polar surface area (TPSA) is 37.4 Å². The minimum atomic E-state index is -2.54. The zero-order valence-electron chi connectivity index (χ0n) is 13.0. The van der Waals surface area contributed by atoms with Crippen LogP contribution in [0.4, 0.5) is 0 Å². The summed E-state index contributed by atoms with van der Waals surface area (Å²) >= 11 is 0. The van der Waals surface area contributed by atoms with Crippen LogP contribution in [0.2, 0.25) is 0 Å². The summed E-state index contributed by atoms with van der Waals surface area (Å²) in [5.74, 6) is 0. The molecular weight excluding hydrogens is 246 g/mol. The maximum Gasteiger partial charge on any atom is 0.204 e. The summed E-state index contributed by atoms with van der Waals surface area (Å²) in [6.45, 7) is 12.5. The van der Waals surface area contributed by atoms with Gasteiger partial charge in [-0.2, -0.15) is 4.31 Å². The van der Waals surface area contributed by atoms with Gasteiger partial charge in [0.2, 0.25) is 10.9 Å². The van der Waals surface area contributed by atoms with E-state index in [1.165, 1.54) is 0 Å². The van der Waals surface area contributed by atoms with Gasteiger partial charge in [-0.3, -0.25) is 0 Å². The van der Waals surface area contributed by atoms with Crippen molar-refractivity contribution >= 4 is 10.9 Å². The van der Waals surface area contributed by atoms with E-state index in [0.29, 0.717) is 0 Å². The lowest BCUT2D eigenvalue weighted by Crippen LogP contribution is -2.54. The van der Waals surface area contributed by atoms with Crippen molar-refractivity contribution in [3.63, 3.8) is 0 Å². The van der Waals surface area contributed by atoms with E-state index in [0.717, 1.165) is 38.5 Å². The van der Waals surface area contributed by atoms with Crippen LogP contribution in [-0.4, -0.2) is 23.8 Å². The largest absolute Gasteiger partial charge is 0.215 e. The molecule has 0 saturated carbocycles. The number of unbranched alkanes of at least 4 members (excludes halogenated alkanes) is 2. The third-order valence-electron chi connectivity index (χ3n) is 3.59. The van der Waals surface area contributed by atoms with E-state index in [4.69, 9.17) is 0 Å². The zero-order chi connectivity index (χ0) is 14.4. The van der Waals surface area contributed by atoms with Crippen LogP contribution in [0.3, 0.4) is 0 Å². The van der Waals surface area contributed by atoms with Crippen molar-refractivity contribution in [1.29, 1.82) is 0 Å². The second-order valence-corrected chi connectivity index (χ2v) is 7.26. The number of rotatable bonds is 9. The first-order valence-electron chi connectivity index (χ1n) is 7.13. The van der Waals surface area contributed by atoms with Crippen molar-refractivity contribution < 1.29 is 8.42 Å². The first-order chi connectivity index (χ1) is 8.19. The fourth-order valence-electron chi connectivity index (χ4n) is 2.69. The number of thiol groups is 1. The number of nitrogens with zero attached hydrogens (tertiary/aromatic N) is 1. The van der Waals surface area contributed by atoms with Crippen LogP contribution < -0.4 is 0 Å². The summed E-state index contributed by atoms with van der Waals surface area (Å²) in [7, 11) is -2.54. The first kappa shape index (κ1) is 17.9. The van der Waals surface area contributed by atoms with Crippen molar-refractivity contribution in [1.82, 2.24) is 4.31 Å². The molecule has 0 rings (SSSR count). The zero-order valence-corrected chi connectivity index (χ0v) is 13.8. The third kappa shape index (κ3) is 5.27. The van der Waals surface area contributed by atoms with E-state index in [1.807, 2.05) is 27.7 Å². The average Bonchev–Trinajstić information content (AvgIpc) is 2.22. The summed E-state index contributed by atoms with van der Waals surface area (Å²) in [6, 6.07) is 0. The van der Waals surface area contributed by atoms with Crippen molar-refractivity contribution in [3.8, 4) is 0 Å². The molecule has 0 bridgehead atoms. The molecule has 0 fully saturated rings. The van der Waals surface area contributed by atoms with Crippen molar-refractivity contribution in [2.75, 3.05) is 0 Å². The summed E-state index contributed by atoms with van der Waals surface area (Å²) in [5, 5.41) is 0. The highest BCUT2D eigenvalue weighted by atomic mass is 32.2. The summed E-state index contributed by atoms with van der Waals surface area (Å²) in [5.41, 5.74) is -0.578. The van der Waals surface area contributed by atoms with Crippen LogP contribution in [0.15, 0.2) is 0 Å². The normalized spacial score (nSPS) is 13.6. The molecule has 18 heavy (non-hydrogen) atoms. The van der Waals surface area contributed by atoms with Gasteiger partial charge in [-0.15, -0.1) is 0 Å². The Morgan fingerprint density at radius 3 is 1.39 bits per heavy atom. The van der Waals surface area contributed by atoms with E-state index in [9.17, 15) is 8.42 Å². The van der Waals surface area contributed by atoms with E-state index >= 15 is 0 Å². The van der Waals surface area contributed by atoms with Crippen LogP contribution in [0.5, 0.6) is 0 Å².